The van der Waals surface area contributed by atoms with Crippen molar-refractivity contribution in [2.45, 2.75) is 32.6 Å². The van der Waals surface area contributed by atoms with Crippen LogP contribution < -0.4 is 4.74 Å². The standard InChI is InChI=1S/C22H22O4/c1-2-13-26-21-10-6-5-9-17(21)19(23)14-20(24)18-12-11-15-7-3-4-8-16(15)22(18)25/h3-10,18H,2,11-14H2,1H3. The van der Waals surface area contributed by atoms with Crippen molar-refractivity contribution in [3.05, 3.63) is 65.2 Å². The second kappa shape index (κ2) is 8.09. The van der Waals surface area contributed by atoms with Crippen molar-refractivity contribution in [1.29, 1.82) is 0 Å². The van der Waals surface area contributed by atoms with E-state index >= 15 is 0 Å². The summed E-state index contributed by atoms with van der Waals surface area (Å²) in [5, 5.41) is 0. The Kier molecular flexibility index (Phi) is 5.61. The SMILES string of the molecule is CCCOc1ccccc1C(=O)CC(=O)C1CCc2ccccc2C1=O. The number of benzene rings is 2. The van der Waals surface area contributed by atoms with Gasteiger partial charge in [-0.05, 0) is 37.0 Å². The molecule has 3 rings (SSSR count). The topological polar surface area (TPSA) is 60.4 Å². The third kappa shape index (κ3) is 3.74. The predicted octanol–water partition coefficient (Wildman–Crippen LogP) is 4.06. The Labute approximate surface area is 153 Å². The number of hydrogen-bond donors (Lipinski definition) is 0. The molecule has 1 aliphatic rings. The number of ketones is 3. The molecule has 0 fully saturated rings. The van der Waals surface area contributed by atoms with E-state index in [1.165, 1.54) is 0 Å². The first-order chi connectivity index (χ1) is 12.6. The van der Waals surface area contributed by atoms with E-state index in [1.807, 2.05) is 19.1 Å². The summed E-state index contributed by atoms with van der Waals surface area (Å²) in [6, 6.07) is 14.3. The number of hydrogen-bond acceptors (Lipinski definition) is 4. The van der Waals surface area contributed by atoms with Crippen LogP contribution in [0.15, 0.2) is 48.5 Å². The van der Waals surface area contributed by atoms with Gasteiger partial charge in [0.1, 0.15) is 5.75 Å². The smallest absolute Gasteiger partial charge is 0.173 e. The molecule has 2 aromatic carbocycles. The maximum atomic E-state index is 12.6. The summed E-state index contributed by atoms with van der Waals surface area (Å²) in [6.07, 6.45) is 1.71. The maximum Gasteiger partial charge on any atom is 0.173 e. The van der Waals surface area contributed by atoms with Gasteiger partial charge in [0.05, 0.1) is 24.5 Å². The largest absolute Gasteiger partial charge is 0.493 e. The molecule has 0 saturated heterocycles. The van der Waals surface area contributed by atoms with Gasteiger partial charge in [-0.25, -0.2) is 0 Å². The molecule has 2 aromatic rings. The van der Waals surface area contributed by atoms with Crippen LogP contribution in [0.2, 0.25) is 0 Å². The van der Waals surface area contributed by atoms with E-state index < -0.39 is 5.92 Å². The van der Waals surface area contributed by atoms with E-state index in [2.05, 4.69) is 0 Å². The number of carbonyl (C=O) groups excluding carboxylic acids is 3. The molecule has 1 atom stereocenters. The number of ether oxygens (including phenoxy) is 1. The van der Waals surface area contributed by atoms with Gasteiger partial charge in [-0.3, -0.25) is 14.4 Å². The van der Waals surface area contributed by atoms with Crippen LogP contribution >= 0.6 is 0 Å². The molecule has 0 aromatic heterocycles. The lowest BCUT2D eigenvalue weighted by Crippen LogP contribution is -2.30. The number of Topliss-reactive ketones (excluding diaryl/α,β-unsaturated/α-hetero) is 3. The van der Waals surface area contributed by atoms with Crippen LogP contribution in [-0.2, 0) is 11.2 Å². The van der Waals surface area contributed by atoms with Crippen LogP contribution in [0.4, 0.5) is 0 Å². The number of para-hydroxylation sites is 1. The lowest BCUT2D eigenvalue weighted by Gasteiger charge is -2.22. The summed E-state index contributed by atoms with van der Waals surface area (Å²) in [5.74, 6) is -1.00. The Hall–Kier alpha value is -2.75. The van der Waals surface area contributed by atoms with Crippen molar-refractivity contribution in [3.63, 3.8) is 0 Å². The van der Waals surface area contributed by atoms with Crippen LogP contribution in [0.5, 0.6) is 5.75 Å². The molecule has 1 aliphatic carbocycles. The van der Waals surface area contributed by atoms with Crippen LogP contribution in [0.25, 0.3) is 0 Å². The summed E-state index contributed by atoms with van der Waals surface area (Å²) >= 11 is 0. The number of fused-ring (bicyclic) bond motifs is 1. The van der Waals surface area contributed by atoms with Crippen molar-refractivity contribution in [2.24, 2.45) is 5.92 Å². The monoisotopic (exact) mass is 350 g/mol. The van der Waals surface area contributed by atoms with Crippen LogP contribution in [0.3, 0.4) is 0 Å². The molecule has 1 unspecified atom stereocenters. The highest BCUT2D eigenvalue weighted by Crippen LogP contribution is 2.28. The highest BCUT2D eigenvalue weighted by Gasteiger charge is 2.33. The number of aryl methyl sites for hydroxylation is 1. The second-order valence-electron chi connectivity index (χ2n) is 6.52. The minimum atomic E-state index is -0.724. The van der Waals surface area contributed by atoms with Gasteiger partial charge in [0.15, 0.2) is 17.3 Å². The number of rotatable bonds is 7. The summed E-state index contributed by atoms with van der Waals surface area (Å²) in [6.45, 7) is 2.50. The Morgan fingerprint density at radius 3 is 2.62 bits per heavy atom. The summed E-state index contributed by atoms with van der Waals surface area (Å²) < 4.78 is 5.60. The highest BCUT2D eigenvalue weighted by molar-refractivity contribution is 6.18. The minimum absolute atomic E-state index is 0.167. The van der Waals surface area contributed by atoms with Gasteiger partial charge < -0.3 is 4.74 Å². The molecule has 0 bridgehead atoms. The predicted molar refractivity (Wildman–Crippen MR) is 98.8 cm³/mol. The highest BCUT2D eigenvalue weighted by atomic mass is 16.5. The fourth-order valence-electron chi connectivity index (χ4n) is 3.32. The molecular weight excluding hydrogens is 328 g/mol. The van der Waals surface area contributed by atoms with Gasteiger partial charge in [0.25, 0.3) is 0 Å². The lowest BCUT2D eigenvalue weighted by atomic mass is 9.79. The van der Waals surface area contributed by atoms with Gasteiger partial charge >= 0.3 is 0 Å². The van der Waals surface area contributed by atoms with Crippen molar-refractivity contribution in [1.82, 2.24) is 0 Å². The molecule has 4 heteroatoms. The molecular formula is C22H22O4. The van der Waals surface area contributed by atoms with E-state index in [0.29, 0.717) is 36.3 Å². The molecule has 26 heavy (non-hydrogen) atoms. The average molecular weight is 350 g/mol. The lowest BCUT2D eigenvalue weighted by molar-refractivity contribution is -0.120. The normalized spacial score (nSPS) is 16.0. The van der Waals surface area contributed by atoms with E-state index in [9.17, 15) is 14.4 Å². The van der Waals surface area contributed by atoms with Gasteiger partial charge in [0.2, 0.25) is 0 Å². The Morgan fingerprint density at radius 2 is 1.81 bits per heavy atom. The van der Waals surface area contributed by atoms with E-state index in [0.717, 1.165) is 12.0 Å². The quantitative estimate of drug-likeness (QED) is 0.558. The van der Waals surface area contributed by atoms with Gasteiger partial charge in [-0.2, -0.15) is 0 Å². The molecule has 0 aliphatic heterocycles. The third-order valence-corrected chi connectivity index (χ3v) is 4.67. The van der Waals surface area contributed by atoms with Crippen LogP contribution in [0, 0.1) is 5.92 Å². The van der Waals surface area contributed by atoms with Crippen molar-refractivity contribution < 1.29 is 19.1 Å². The fraction of sp³-hybridized carbons (Fsp3) is 0.318. The Bertz CT molecular complexity index is 838. The molecule has 134 valence electrons. The van der Waals surface area contributed by atoms with E-state index in [-0.39, 0.29) is 23.8 Å². The van der Waals surface area contributed by atoms with E-state index in [4.69, 9.17) is 4.74 Å². The minimum Gasteiger partial charge on any atom is -0.493 e. The molecule has 0 amide bonds. The first-order valence-electron chi connectivity index (χ1n) is 9.01. The Balaban J connectivity index is 1.73. The number of carbonyl (C=O) groups is 3. The molecule has 4 nitrogen and oxygen atoms in total. The molecule has 0 saturated carbocycles. The van der Waals surface area contributed by atoms with Crippen LogP contribution in [0.1, 0.15) is 52.5 Å². The summed E-state index contributed by atoms with van der Waals surface area (Å²) in [7, 11) is 0. The van der Waals surface area contributed by atoms with Gasteiger partial charge in [-0.1, -0.05) is 43.3 Å². The first kappa shape index (κ1) is 18.1. The molecule has 0 spiro atoms. The molecule has 0 radical (unpaired) electrons. The Morgan fingerprint density at radius 1 is 1.08 bits per heavy atom. The van der Waals surface area contributed by atoms with Crippen LogP contribution in [-0.4, -0.2) is 24.0 Å². The summed E-state index contributed by atoms with van der Waals surface area (Å²) in [5.41, 5.74) is 1.99. The zero-order valence-electron chi connectivity index (χ0n) is 14.9. The summed E-state index contributed by atoms with van der Waals surface area (Å²) in [4.78, 5) is 37.9. The van der Waals surface area contributed by atoms with Crippen molar-refractivity contribution in [2.75, 3.05) is 6.61 Å². The maximum absolute atomic E-state index is 12.6. The van der Waals surface area contributed by atoms with Crippen molar-refractivity contribution in [3.8, 4) is 5.75 Å². The van der Waals surface area contributed by atoms with Gasteiger partial charge in [-0.15, -0.1) is 0 Å². The zero-order chi connectivity index (χ0) is 18.5. The second-order valence-corrected chi connectivity index (χ2v) is 6.52. The van der Waals surface area contributed by atoms with Gasteiger partial charge in [0, 0.05) is 5.56 Å². The average Bonchev–Trinajstić information content (AvgIpc) is 2.67. The zero-order valence-corrected chi connectivity index (χ0v) is 14.9. The molecule has 0 N–H and O–H groups in total. The molecule has 0 heterocycles. The first-order valence-corrected chi connectivity index (χ1v) is 9.01. The van der Waals surface area contributed by atoms with E-state index in [1.54, 1.807) is 36.4 Å². The third-order valence-electron chi connectivity index (χ3n) is 4.67. The fourth-order valence-corrected chi connectivity index (χ4v) is 3.32. The van der Waals surface area contributed by atoms with Crippen molar-refractivity contribution >= 4 is 17.3 Å².